The van der Waals surface area contributed by atoms with Crippen LogP contribution < -0.4 is 0 Å². The summed E-state index contributed by atoms with van der Waals surface area (Å²) in [4.78, 5) is 0. The maximum absolute atomic E-state index is 12.5. The van der Waals surface area contributed by atoms with E-state index in [-0.39, 0.29) is 5.56 Å². The Labute approximate surface area is 104 Å². The highest BCUT2D eigenvalue weighted by Gasteiger charge is 2.33. The van der Waals surface area contributed by atoms with Crippen LogP contribution in [0.3, 0.4) is 0 Å². The number of hydrogen-bond acceptors (Lipinski definition) is 2. The molecule has 102 valence electrons. The van der Waals surface area contributed by atoms with Gasteiger partial charge in [0.2, 0.25) is 0 Å². The second-order valence-corrected chi connectivity index (χ2v) is 5.38. The average molecular weight is 262 g/mol. The molecule has 18 heavy (non-hydrogen) atoms. The molecule has 0 aliphatic rings. The van der Waals surface area contributed by atoms with Crippen molar-refractivity contribution in [3.63, 3.8) is 0 Å². The Morgan fingerprint density at radius 3 is 2.06 bits per heavy atom. The van der Waals surface area contributed by atoms with Gasteiger partial charge in [0.15, 0.2) is 0 Å². The van der Waals surface area contributed by atoms with Crippen molar-refractivity contribution in [1.82, 2.24) is 0 Å². The minimum absolute atomic E-state index is 0.0623. The van der Waals surface area contributed by atoms with Crippen LogP contribution in [0.1, 0.15) is 38.0 Å². The highest BCUT2D eigenvalue weighted by molar-refractivity contribution is 5.28. The van der Waals surface area contributed by atoms with Gasteiger partial charge in [-0.3, -0.25) is 0 Å². The lowest BCUT2D eigenvalue weighted by Crippen LogP contribution is -2.32. The van der Waals surface area contributed by atoms with E-state index in [4.69, 9.17) is 0 Å². The molecule has 0 aliphatic heterocycles. The first-order chi connectivity index (χ1) is 8.03. The van der Waals surface area contributed by atoms with Crippen molar-refractivity contribution in [2.45, 2.75) is 39.2 Å². The normalized spacial score (nSPS) is 16.4. The summed E-state index contributed by atoms with van der Waals surface area (Å²) >= 11 is 0. The number of halogens is 3. The first-order valence-corrected chi connectivity index (χ1v) is 5.57. The van der Waals surface area contributed by atoms with Gasteiger partial charge < -0.3 is 10.2 Å². The molecule has 1 aromatic rings. The number of benzene rings is 1. The topological polar surface area (TPSA) is 40.5 Å². The van der Waals surface area contributed by atoms with E-state index in [1.807, 2.05) is 0 Å². The summed E-state index contributed by atoms with van der Waals surface area (Å²) in [7, 11) is 0. The third-order valence-corrected chi connectivity index (χ3v) is 2.74. The van der Waals surface area contributed by atoms with Crippen molar-refractivity contribution in [1.29, 1.82) is 0 Å². The predicted molar refractivity (Wildman–Crippen MR) is 61.9 cm³/mol. The molecule has 0 saturated carbocycles. The van der Waals surface area contributed by atoms with Crippen LogP contribution in [0.25, 0.3) is 0 Å². The summed E-state index contributed by atoms with van der Waals surface area (Å²) in [6.07, 6.45) is -6.93. The molecule has 0 spiro atoms. The quantitative estimate of drug-likeness (QED) is 0.859. The average Bonchev–Trinajstić information content (AvgIpc) is 2.25. The maximum atomic E-state index is 12.5. The van der Waals surface area contributed by atoms with E-state index in [0.717, 1.165) is 12.1 Å². The molecule has 0 fully saturated rings. The Kier molecular flexibility index (Phi) is 4.08. The summed E-state index contributed by atoms with van der Waals surface area (Å²) in [6, 6.07) is 4.38. The van der Waals surface area contributed by atoms with Crippen LogP contribution in [0.4, 0.5) is 13.2 Å². The molecule has 2 nitrogen and oxygen atoms in total. The second-order valence-electron chi connectivity index (χ2n) is 5.38. The van der Waals surface area contributed by atoms with Crippen LogP contribution in [0.5, 0.6) is 0 Å². The zero-order chi connectivity index (χ0) is 14.1. The molecule has 0 radical (unpaired) electrons. The fraction of sp³-hybridized carbons (Fsp3) is 0.538. The van der Waals surface area contributed by atoms with Crippen LogP contribution in [0, 0.1) is 5.41 Å². The zero-order valence-corrected chi connectivity index (χ0v) is 10.5. The number of hydrogen-bond donors (Lipinski definition) is 2. The molecule has 2 unspecified atom stereocenters. The summed E-state index contributed by atoms with van der Waals surface area (Å²) in [5.74, 6) is 0. The zero-order valence-electron chi connectivity index (χ0n) is 10.5. The first kappa shape index (κ1) is 15.0. The predicted octanol–water partition coefficient (Wildman–Crippen LogP) is 3.15. The van der Waals surface area contributed by atoms with E-state index in [1.165, 1.54) is 12.1 Å². The molecule has 0 heterocycles. The number of alkyl halides is 3. The fourth-order valence-electron chi connectivity index (χ4n) is 1.55. The molecule has 2 N–H and O–H groups in total. The first-order valence-electron chi connectivity index (χ1n) is 5.57. The van der Waals surface area contributed by atoms with E-state index in [2.05, 4.69) is 0 Å². The SMILES string of the molecule is CC(C)(C)C(O)C(O)c1cccc(C(F)(F)F)c1. The number of aliphatic hydroxyl groups is 2. The van der Waals surface area contributed by atoms with Gasteiger partial charge >= 0.3 is 6.18 Å². The highest BCUT2D eigenvalue weighted by Crippen LogP contribution is 2.34. The van der Waals surface area contributed by atoms with Gasteiger partial charge in [-0.2, -0.15) is 13.2 Å². The fourth-order valence-corrected chi connectivity index (χ4v) is 1.55. The Morgan fingerprint density at radius 2 is 1.61 bits per heavy atom. The van der Waals surface area contributed by atoms with Crippen molar-refractivity contribution in [2.75, 3.05) is 0 Å². The Bertz CT molecular complexity index is 407. The number of aliphatic hydroxyl groups excluding tert-OH is 2. The Hall–Kier alpha value is -1.07. The molecule has 5 heteroatoms. The molecule has 0 bridgehead atoms. The minimum Gasteiger partial charge on any atom is -0.390 e. The van der Waals surface area contributed by atoms with Crippen LogP contribution >= 0.6 is 0 Å². The van der Waals surface area contributed by atoms with Gasteiger partial charge in [-0.1, -0.05) is 32.9 Å². The Morgan fingerprint density at radius 1 is 1.06 bits per heavy atom. The van der Waals surface area contributed by atoms with E-state index in [1.54, 1.807) is 20.8 Å². The van der Waals surface area contributed by atoms with Crippen LogP contribution in [0.15, 0.2) is 24.3 Å². The summed E-state index contributed by atoms with van der Waals surface area (Å²) in [5.41, 5.74) is -1.39. The van der Waals surface area contributed by atoms with Gasteiger partial charge in [-0.25, -0.2) is 0 Å². The standard InChI is InChI=1S/C13H17F3O2/c1-12(2,3)11(18)10(17)8-5-4-6-9(7-8)13(14,15)16/h4-7,10-11,17-18H,1-3H3. The molecular formula is C13H17F3O2. The van der Waals surface area contributed by atoms with Crippen LogP contribution in [-0.4, -0.2) is 16.3 Å². The van der Waals surface area contributed by atoms with E-state index >= 15 is 0 Å². The van der Waals surface area contributed by atoms with Gasteiger partial charge in [0.25, 0.3) is 0 Å². The lowest BCUT2D eigenvalue weighted by Gasteiger charge is -2.30. The van der Waals surface area contributed by atoms with Crippen molar-refractivity contribution < 1.29 is 23.4 Å². The van der Waals surface area contributed by atoms with E-state index in [9.17, 15) is 23.4 Å². The molecule has 1 aromatic carbocycles. The van der Waals surface area contributed by atoms with Gasteiger partial charge in [-0.15, -0.1) is 0 Å². The number of rotatable bonds is 2. The molecule has 0 amide bonds. The highest BCUT2D eigenvalue weighted by atomic mass is 19.4. The molecule has 2 atom stereocenters. The maximum Gasteiger partial charge on any atom is 0.416 e. The Balaban J connectivity index is 3.04. The third kappa shape index (κ3) is 3.46. The van der Waals surface area contributed by atoms with Gasteiger partial charge in [-0.05, 0) is 23.1 Å². The van der Waals surface area contributed by atoms with Crippen molar-refractivity contribution >= 4 is 0 Å². The van der Waals surface area contributed by atoms with Crippen molar-refractivity contribution in [2.24, 2.45) is 5.41 Å². The van der Waals surface area contributed by atoms with Crippen molar-refractivity contribution in [3.05, 3.63) is 35.4 Å². The lowest BCUT2D eigenvalue weighted by atomic mass is 9.83. The van der Waals surface area contributed by atoms with E-state index < -0.39 is 29.4 Å². The van der Waals surface area contributed by atoms with Gasteiger partial charge in [0.1, 0.15) is 6.10 Å². The summed E-state index contributed by atoms with van der Waals surface area (Å²) in [5, 5.41) is 19.8. The summed E-state index contributed by atoms with van der Waals surface area (Å²) in [6.45, 7) is 5.11. The third-order valence-electron chi connectivity index (χ3n) is 2.74. The minimum atomic E-state index is -4.46. The van der Waals surface area contributed by atoms with E-state index in [0.29, 0.717) is 0 Å². The van der Waals surface area contributed by atoms with Gasteiger partial charge in [0, 0.05) is 0 Å². The summed E-state index contributed by atoms with van der Waals surface area (Å²) < 4.78 is 37.6. The van der Waals surface area contributed by atoms with Gasteiger partial charge in [0.05, 0.1) is 11.7 Å². The molecular weight excluding hydrogens is 245 g/mol. The second kappa shape index (κ2) is 4.90. The molecule has 0 aliphatic carbocycles. The van der Waals surface area contributed by atoms with Crippen molar-refractivity contribution in [3.8, 4) is 0 Å². The monoisotopic (exact) mass is 262 g/mol. The largest absolute Gasteiger partial charge is 0.416 e. The molecule has 0 aromatic heterocycles. The van der Waals surface area contributed by atoms with Crippen LogP contribution in [0.2, 0.25) is 0 Å². The smallest absolute Gasteiger partial charge is 0.390 e. The van der Waals surface area contributed by atoms with Crippen LogP contribution in [-0.2, 0) is 6.18 Å². The molecule has 1 rings (SSSR count). The lowest BCUT2D eigenvalue weighted by molar-refractivity contribution is -0.137. The molecule has 0 saturated heterocycles.